The first-order valence-corrected chi connectivity index (χ1v) is 10.3. The van der Waals surface area contributed by atoms with Crippen molar-refractivity contribution in [1.29, 1.82) is 5.26 Å². The Balaban J connectivity index is 1.35. The summed E-state index contributed by atoms with van der Waals surface area (Å²) in [7, 11) is 0. The number of ether oxygens (including phenoxy) is 1. The van der Waals surface area contributed by atoms with Crippen LogP contribution in [0.1, 0.15) is 39.2 Å². The maximum Gasteiger partial charge on any atom is 0.0991 e. The highest BCUT2D eigenvalue weighted by molar-refractivity contribution is 5.47. The fourth-order valence-electron chi connectivity index (χ4n) is 3.92. The van der Waals surface area contributed by atoms with Crippen LogP contribution in [-0.4, -0.2) is 67.8 Å². The zero-order chi connectivity index (χ0) is 19.3. The minimum atomic E-state index is 0.365. The molecule has 5 heteroatoms. The van der Waals surface area contributed by atoms with E-state index < -0.39 is 0 Å². The summed E-state index contributed by atoms with van der Waals surface area (Å²) in [6, 6.07) is 9.82. The van der Waals surface area contributed by atoms with E-state index in [4.69, 9.17) is 10.00 Å². The van der Waals surface area contributed by atoms with Crippen LogP contribution in [0.25, 0.3) is 0 Å². The van der Waals surface area contributed by atoms with Crippen LogP contribution >= 0.6 is 0 Å². The van der Waals surface area contributed by atoms with E-state index in [1.165, 1.54) is 13.0 Å². The van der Waals surface area contributed by atoms with Crippen molar-refractivity contribution in [3.05, 3.63) is 29.8 Å². The zero-order valence-corrected chi connectivity index (χ0v) is 17.1. The van der Waals surface area contributed by atoms with E-state index in [2.05, 4.69) is 42.0 Å². The normalized spacial score (nSPS) is 23.8. The molecule has 2 atom stereocenters. The maximum absolute atomic E-state index is 8.85. The Morgan fingerprint density at radius 2 is 1.63 bits per heavy atom. The lowest BCUT2D eigenvalue weighted by Crippen LogP contribution is -2.59. The number of hydrogen-bond donors (Lipinski definition) is 1. The van der Waals surface area contributed by atoms with Crippen LogP contribution < -0.4 is 5.32 Å². The molecule has 0 radical (unpaired) electrons. The molecule has 2 saturated heterocycles. The van der Waals surface area contributed by atoms with Crippen molar-refractivity contribution in [2.45, 2.75) is 45.8 Å². The van der Waals surface area contributed by atoms with E-state index >= 15 is 0 Å². The number of rotatable bonds is 7. The van der Waals surface area contributed by atoms with Crippen LogP contribution in [0, 0.1) is 16.7 Å². The highest BCUT2D eigenvalue weighted by Gasteiger charge is 2.34. The van der Waals surface area contributed by atoms with Gasteiger partial charge in [-0.3, -0.25) is 9.80 Å². The minimum absolute atomic E-state index is 0.365. The number of nitriles is 1. The van der Waals surface area contributed by atoms with Crippen LogP contribution in [0.2, 0.25) is 0 Å². The van der Waals surface area contributed by atoms with Gasteiger partial charge in [0.15, 0.2) is 0 Å². The molecule has 2 unspecified atom stereocenters. The SMILES string of the molecule is CC(C)(C)CCN1CC2CN(CCCNc3ccc(C#N)cc3)CC(C1)O2. The summed E-state index contributed by atoms with van der Waals surface area (Å²) in [5.41, 5.74) is 2.20. The zero-order valence-electron chi connectivity index (χ0n) is 17.1. The summed E-state index contributed by atoms with van der Waals surface area (Å²) in [4.78, 5) is 5.17. The third-order valence-electron chi connectivity index (χ3n) is 5.40. The molecule has 5 nitrogen and oxygen atoms in total. The Labute approximate surface area is 164 Å². The van der Waals surface area contributed by atoms with Crippen LogP contribution in [0.15, 0.2) is 24.3 Å². The average Bonchev–Trinajstić information content (AvgIpc) is 2.63. The van der Waals surface area contributed by atoms with Crippen molar-refractivity contribution in [3.8, 4) is 6.07 Å². The second kappa shape index (κ2) is 9.05. The van der Waals surface area contributed by atoms with Gasteiger partial charge in [-0.15, -0.1) is 0 Å². The van der Waals surface area contributed by atoms with Gasteiger partial charge in [-0.25, -0.2) is 0 Å². The van der Waals surface area contributed by atoms with Crippen molar-refractivity contribution in [2.24, 2.45) is 5.41 Å². The lowest BCUT2D eigenvalue weighted by atomic mass is 9.92. The van der Waals surface area contributed by atoms with Gasteiger partial charge >= 0.3 is 0 Å². The summed E-state index contributed by atoms with van der Waals surface area (Å²) in [6.07, 6.45) is 3.09. The molecule has 2 aliphatic rings. The Morgan fingerprint density at radius 3 is 2.19 bits per heavy atom. The molecule has 0 amide bonds. The predicted molar refractivity (Wildman–Crippen MR) is 110 cm³/mol. The van der Waals surface area contributed by atoms with E-state index in [1.807, 2.05) is 24.3 Å². The predicted octanol–water partition coefficient (Wildman–Crippen LogP) is 3.18. The summed E-state index contributed by atoms with van der Waals surface area (Å²) in [5, 5.41) is 12.3. The summed E-state index contributed by atoms with van der Waals surface area (Å²) in [5.74, 6) is 0. The Bertz CT molecular complexity index is 617. The van der Waals surface area contributed by atoms with Crippen molar-refractivity contribution < 1.29 is 4.74 Å². The lowest BCUT2D eigenvalue weighted by molar-refractivity contribution is -0.139. The second-order valence-electron chi connectivity index (χ2n) is 9.18. The summed E-state index contributed by atoms with van der Waals surface area (Å²) >= 11 is 0. The first kappa shape index (κ1) is 20.1. The van der Waals surface area contributed by atoms with Crippen molar-refractivity contribution >= 4 is 5.69 Å². The molecule has 2 fully saturated rings. The number of morpholine rings is 2. The molecular formula is C22H34N4O. The van der Waals surface area contributed by atoms with Crippen LogP contribution in [0.5, 0.6) is 0 Å². The van der Waals surface area contributed by atoms with Gasteiger partial charge in [0, 0.05) is 45.0 Å². The molecule has 1 N–H and O–H groups in total. The van der Waals surface area contributed by atoms with E-state index in [1.54, 1.807) is 0 Å². The molecule has 0 aromatic heterocycles. The fourth-order valence-corrected chi connectivity index (χ4v) is 3.92. The first-order valence-electron chi connectivity index (χ1n) is 10.3. The number of nitrogens with zero attached hydrogens (tertiary/aromatic N) is 3. The third-order valence-corrected chi connectivity index (χ3v) is 5.40. The minimum Gasteiger partial charge on any atom is -0.385 e. The van der Waals surface area contributed by atoms with Crippen LogP contribution in [-0.2, 0) is 4.74 Å². The highest BCUT2D eigenvalue weighted by atomic mass is 16.5. The number of fused-ring (bicyclic) bond motifs is 2. The summed E-state index contributed by atoms with van der Waals surface area (Å²) in [6.45, 7) is 14.5. The number of nitrogens with one attached hydrogen (secondary N) is 1. The Kier molecular flexibility index (Phi) is 6.75. The highest BCUT2D eigenvalue weighted by Crippen LogP contribution is 2.23. The van der Waals surface area contributed by atoms with Crippen molar-refractivity contribution in [3.63, 3.8) is 0 Å². The first-order chi connectivity index (χ1) is 12.9. The lowest BCUT2D eigenvalue weighted by Gasteiger charge is -2.46. The van der Waals surface area contributed by atoms with Crippen LogP contribution in [0.4, 0.5) is 5.69 Å². The average molecular weight is 371 g/mol. The fraction of sp³-hybridized carbons (Fsp3) is 0.682. The van der Waals surface area contributed by atoms with Gasteiger partial charge in [-0.2, -0.15) is 5.26 Å². The molecule has 2 heterocycles. The standard InChI is InChI=1S/C22H34N4O/c1-22(2,3)9-12-26-16-20-14-25(15-21(17-26)27-20)11-4-10-24-19-7-5-18(13-23)6-8-19/h5-8,20-21,24H,4,9-12,14-17H2,1-3H3. The molecule has 1 aromatic rings. The van der Waals surface area contributed by atoms with Gasteiger partial charge in [0.05, 0.1) is 23.8 Å². The second-order valence-corrected chi connectivity index (χ2v) is 9.18. The molecule has 148 valence electrons. The molecule has 0 saturated carbocycles. The quantitative estimate of drug-likeness (QED) is 0.747. The smallest absolute Gasteiger partial charge is 0.0991 e. The molecule has 0 aliphatic carbocycles. The largest absolute Gasteiger partial charge is 0.385 e. The van der Waals surface area contributed by atoms with Crippen molar-refractivity contribution in [1.82, 2.24) is 9.80 Å². The molecule has 3 rings (SSSR count). The van der Waals surface area contributed by atoms with Gasteiger partial charge in [0.2, 0.25) is 0 Å². The van der Waals surface area contributed by atoms with E-state index in [0.29, 0.717) is 23.2 Å². The van der Waals surface area contributed by atoms with Gasteiger partial charge in [0.25, 0.3) is 0 Å². The molecule has 27 heavy (non-hydrogen) atoms. The molecule has 2 bridgehead atoms. The van der Waals surface area contributed by atoms with Crippen molar-refractivity contribution in [2.75, 3.05) is 51.1 Å². The summed E-state index contributed by atoms with van der Waals surface area (Å²) < 4.78 is 6.19. The number of benzene rings is 1. The molecule has 0 spiro atoms. The van der Waals surface area contributed by atoms with Gasteiger partial charge < -0.3 is 10.1 Å². The third kappa shape index (κ3) is 6.49. The monoisotopic (exact) mass is 370 g/mol. The van der Waals surface area contributed by atoms with E-state index in [0.717, 1.165) is 51.4 Å². The Hall–Kier alpha value is -1.61. The van der Waals surface area contributed by atoms with Gasteiger partial charge in [-0.05, 0) is 49.1 Å². The number of anilines is 1. The van der Waals surface area contributed by atoms with Gasteiger partial charge in [-0.1, -0.05) is 20.8 Å². The Morgan fingerprint density at radius 1 is 1.04 bits per heavy atom. The molecule has 2 aliphatic heterocycles. The van der Waals surface area contributed by atoms with Crippen LogP contribution in [0.3, 0.4) is 0 Å². The molecular weight excluding hydrogens is 336 g/mol. The van der Waals surface area contributed by atoms with E-state index in [9.17, 15) is 0 Å². The topological polar surface area (TPSA) is 51.5 Å². The van der Waals surface area contributed by atoms with Gasteiger partial charge in [0.1, 0.15) is 0 Å². The van der Waals surface area contributed by atoms with E-state index in [-0.39, 0.29) is 0 Å². The number of hydrogen-bond acceptors (Lipinski definition) is 5. The molecule has 1 aromatic carbocycles. The maximum atomic E-state index is 8.85.